The summed E-state index contributed by atoms with van der Waals surface area (Å²) in [6, 6.07) is 3.78. The van der Waals surface area contributed by atoms with Crippen LogP contribution in [0, 0.1) is 5.92 Å². The summed E-state index contributed by atoms with van der Waals surface area (Å²) in [4.78, 5) is 16.1. The second kappa shape index (κ2) is 5.59. The smallest absolute Gasteiger partial charge is 0.251 e. The molecule has 1 aliphatic carbocycles. The lowest BCUT2D eigenvalue weighted by molar-refractivity contribution is -0.142. The van der Waals surface area contributed by atoms with Crippen LogP contribution in [-0.2, 0) is 4.79 Å². The monoisotopic (exact) mass is 362 g/mol. The number of alkyl halides is 2. The topological polar surface area (TPSA) is 66.6 Å². The van der Waals surface area contributed by atoms with Gasteiger partial charge >= 0.3 is 0 Å². The molecular formula is C17H20F2N6O. The first kappa shape index (κ1) is 15.9. The number of nitrogens with zero attached hydrogens (tertiary/aromatic N) is 6. The molecule has 7 nitrogen and oxygen atoms in total. The average molecular weight is 362 g/mol. The van der Waals surface area contributed by atoms with Crippen molar-refractivity contribution in [1.82, 2.24) is 24.7 Å². The molecule has 3 aliphatic rings. The number of hydrogen-bond donors (Lipinski definition) is 0. The summed E-state index contributed by atoms with van der Waals surface area (Å²) in [7, 11) is 0. The van der Waals surface area contributed by atoms with Crippen molar-refractivity contribution in [1.29, 1.82) is 0 Å². The van der Waals surface area contributed by atoms with Gasteiger partial charge in [-0.25, -0.2) is 8.78 Å². The van der Waals surface area contributed by atoms with E-state index in [9.17, 15) is 13.6 Å². The molecule has 9 heteroatoms. The van der Waals surface area contributed by atoms with Gasteiger partial charge in [0, 0.05) is 44.9 Å². The van der Waals surface area contributed by atoms with Crippen molar-refractivity contribution < 1.29 is 13.6 Å². The van der Waals surface area contributed by atoms with E-state index in [0.717, 1.165) is 30.1 Å². The van der Waals surface area contributed by atoms with Gasteiger partial charge in [-0.1, -0.05) is 0 Å². The summed E-state index contributed by atoms with van der Waals surface area (Å²) in [6.07, 6.45) is 1.79. The van der Waals surface area contributed by atoms with Gasteiger partial charge in [-0.2, -0.15) is 4.52 Å². The second-order valence-electron chi connectivity index (χ2n) is 7.58. The largest absolute Gasteiger partial charge is 0.353 e. The Bertz CT molecular complexity index is 848. The van der Waals surface area contributed by atoms with Gasteiger partial charge in [-0.3, -0.25) is 4.79 Å². The second-order valence-corrected chi connectivity index (χ2v) is 7.58. The first-order chi connectivity index (χ1) is 12.5. The lowest BCUT2D eigenvalue weighted by atomic mass is 9.96. The Morgan fingerprint density at radius 1 is 1.12 bits per heavy atom. The molecule has 0 bridgehead atoms. The number of halogens is 2. The van der Waals surface area contributed by atoms with Crippen LogP contribution < -0.4 is 4.90 Å². The third kappa shape index (κ3) is 2.69. The van der Waals surface area contributed by atoms with Crippen molar-refractivity contribution >= 4 is 17.4 Å². The number of amides is 1. The molecule has 26 heavy (non-hydrogen) atoms. The highest BCUT2D eigenvalue weighted by Crippen LogP contribution is 2.39. The molecule has 2 aliphatic heterocycles. The van der Waals surface area contributed by atoms with Crippen LogP contribution in [0.25, 0.3) is 5.65 Å². The Balaban J connectivity index is 1.24. The Hall–Kier alpha value is -2.32. The molecule has 4 heterocycles. The molecule has 0 N–H and O–H groups in total. The predicted octanol–water partition coefficient (Wildman–Crippen LogP) is 1.70. The van der Waals surface area contributed by atoms with Crippen LogP contribution in [0.1, 0.15) is 37.4 Å². The van der Waals surface area contributed by atoms with Crippen molar-refractivity contribution in [3.8, 4) is 0 Å². The summed E-state index contributed by atoms with van der Waals surface area (Å²) in [5.74, 6) is -0.614. The molecule has 0 spiro atoms. The number of fused-ring (bicyclic) bond motifs is 1. The first-order valence-electron chi connectivity index (χ1n) is 9.14. The van der Waals surface area contributed by atoms with Crippen LogP contribution in [0.4, 0.5) is 14.6 Å². The number of carbonyl (C=O) groups is 1. The maximum Gasteiger partial charge on any atom is 0.251 e. The van der Waals surface area contributed by atoms with Crippen LogP contribution in [0.2, 0.25) is 0 Å². The third-order valence-electron chi connectivity index (χ3n) is 5.58. The van der Waals surface area contributed by atoms with Gasteiger partial charge in [0.05, 0.1) is 5.92 Å². The molecule has 0 radical (unpaired) electrons. The van der Waals surface area contributed by atoms with E-state index in [1.54, 1.807) is 9.42 Å². The molecule has 3 fully saturated rings. The van der Waals surface area contributed by atoms with Gasteiger partial charge in [0.2, 0.25) is 5.91 Å². The van der Waals surface area contributed by atoms with Crippen molar-refractivity contribution in [2.24, 2.45) is 5.92 Å². The number of hydrogen-bond acceptors (Lipinski definition) is 5. The molecule has 5 rings (SSSR count). The highest BCUT2D eigenvalue weighted by molar-refractivity contribution is 5.82. The standard InChI is InChI=1S/C17H20F2N6O/c18-17(19)5-7-23(8-6-17)16(26)12-9-24(10-12)14-4-3-13-20-21-15(11-1-2-11)25(13)22-14/h3-4,11-12H,1-2,5-10H2. The van der Waals surface area contributed by atoms with Crippen LogP contribution in [0.5, 0.6) is 0 Å². The highest BCUT2D eigenvalue weighted by atomic mass is 19.3. The van der Waals surface area contributed by atoms with Gasteiger partial charge in [0.1, 0.15) is 5.82 Å². The number of carbonyl (C=O) groups excluding carboxylic acids is 1. The molecule has 0 atom stereocenters. The van der Waals surface area contributed by atoms with Crippen LogP contribution in [-0.4, -0.2) is 62.7 Å². The molecule has 0 unspecified atom stereocenters. The van der Waals surface area contributed by atoms with Gasteiger partial charge in [-0.15, -0.1) is 15.3 Å². The Labute approximate surface area is 149 Å². The van der Waals surface area contributed by atoms with E-state index in [-0.39, 0.29) is 37.8 Å². The minimum absolute atomic E-state index is 0.0132. The summed E-state index contributed by atoms with van der Waals surface area (Å²) in [5.41, 5.74) is 0.734. The van der Waals surface area contributed by atoms with E-state index in [1.807, 2.05) is 17.0 Å². The van der Waals surface area contributed by atoms with Gasteiger partial charge in [-0.05, 0) is 25.0 Å². The maximum atomic E-state index is 13.2. The zero-order valence-corrected chi connectivity index (χ0v) is 14.3. The fourth-order valence-corrected chi connectivity index (χ4v) is 3.69. The Morgan fingerprint density at radius 3 is 2.54 bits per heavy atom. The van der Waals surface area contributed by atoms with E-state index in [2.05, 4.69) is 15.3 Å². The molecule has 2 saturated heterocycles. The number of aromatic nitrogens is 4. The van der Waals surface area contributed by atoms with Crippen molar-refractivity contribution in [3.05, 3.63) is 18.0 Å². The first-order valence-corrected chi connectivity index (χ1v) is 9.14. The molecule has 138 valence electrons. The maximum absolute atomic E-state index is 13.2. The number of likely N-dealkylation sites (tertiary alicyclic amines) is 1. The Morgan fingerprint density at radius 2 is 1.85 bits per heavy atom. The zero-order chi connectivity index (χ0) is 17.9. The van der Waals surface area contributed by atoms with Crippen molar-refractivity contribution in [2.75, 3.05) is 31.1 Å². The number of anilines is 1. The molecule has 0 aromatic carbocycles. The van der Waals surface area contributed by atoms with Gasteiger partial charge < -0.3 is 9.80 Å². The fraction of sp³-hybridized carbons (Fsp3) is 0.647. The van der Waals surface area contributed by atoms with E-state index >= 15 is 0 Å². The van der Waals surface area contributed by atoms with E-state index in [0.29, 0.717) is 19.0 Å². The summed E-state index contributed by atoms with van der Waals surface area (Å²) in [6.45, 7) is 1.45. The summed E-state index contributed by atoms with van der Waals surface area (Å²) >= 11 is 0. The van der Waals surface area contributed by atoms with Gasteiger partial charge in [0.25, 0.3) is 5.92 Å². The summed E-state index contributed by atoms with van der Waals surface area (Å²) < 4.78 is 28.3. The van der Waals surface area contributed by atoms with Crippen LogP contribution >= 0.6 is 0 Å². The highest BCUT2D eigenvalue weighted by Gasteiger charge is 2.41. The van der Waals surface area contributed by atoms with E-state index in [4.69, 9.17) is 0 Å². The average Bonchev–Trinajstić information content (AvgIpc) is 3.33. The minimum atomic E-state index is -2.63. The van der Waals surface area contributed by atoms with Crippen LogP contribution in [0.15, 0.2) is 12.1 Å². The van der Waals surface area contributed by atoms with E-state index in [1.165, 1.54) is 0 Å². The van der Waals surface area contributed by atoms with Crippen molar-refractivity contribution in [3.63, 3.8) is 0 Å². The normalized spacial score (nSPS) is 23.3. The molecule has 2 aromatic rings. The van der Waals surface area contributed by atoms with E-state index < -0.39 is 5.92 Å². The fourth-order valence-electron chi connectivity index (χ4n) is 3.69. The molecule has 2 aromatic heterocycles. The van der Waals surface area contributed by atoms with Crippen molar-refractivity contribution in [2.45, 2.75) is 37.5 Å². The SMILES string of the molecule is O=C(C1CN(c2ccc3nnc(C4CC4)n3n2)C1)N1CCC(F)(F)CC1. The lowest BCUT2D eigenvalue weighted by Crippen LogP contribution is -2.56. The quantitative estimate of drug-likeness (QED) is 0.831. The number of piperidine rings is 1. The van der Waals surface area contributed by atoms with Gasteiger partial charge in [0.15, 0.2) is 11.5 Å². The molecule has 1 saturated carbocycles. The lowest BCUT2D eigenvalue weighted by Gasteiger charge is -2.42. The summed E-state index contributed by atoms with van der Waals surface area (Å²) in [5, 5.41) is 13.0. The zero-order valence-electron chi connectivity index (χ0n) is 14.3. The molecule has 1 amide bonds. The minimum Gasteiger partial charge on any atom is -0.353 e. The van der Waals surface area contributed by atoms with Crippen LogP contribution in [0.3, 0.4) is 0 Å². The Kier molecular flexibility index (Phi) is 3.42. The third-order valence-corrected chi connectivity index (χ3v) is 5.58. The predicted molar refractivity (Wildman–Crippen MR) is 89.2 cm³/mol. The number of rotatable bonds is 3. The molecular weight excluding hydrogens is 342 g/mol.